The third kappa shape index (κ3) is 2.69. The topological polar surface area (TPSA) is 69.2 Å². The SMILES string of the molecule is NCCC(F)c1cc([N+](=O)[O-])ccc1F. The molecular weight excluding hydrogens is 206 g/mol. The molecule has 2 N–H and O–H groups in total. The quantitative estimate of drug-likeness (QED) is 0.618. The Bertz CT molecular complexity index is 371. The Morgan fingerprint density at radius 2 is 2.20 bits per heavy atom. The summed E-state index contributed by atoms with van der Waals surface area (Å²) in [5.41, 5.74) is 4.48. The van der Waals surface area contributed by atoms with Gasteiger partial charge in [-0.15, -0.1) is 0 Å². The first-order valence-corrected chi connectivity index (χ1v) is 4.34. The highest BCUT2D eigenvalue weighted by Gasteiger charge is 2.17. The summed E-state index contributed by atoms with van der Waals surface area (Å²) in [7, 11) is 0. The van der Waals surface area contributed by atoms with Crippen LogP contribution in [0.5, 0.6) is 0 Å². The molecule has 0 amide bonds. The van der Waals surface area contributed by atoms with E-state index in [2.05, 4.69) is 0 Å². The minimum absolute atomic E-state index is 0.0575. The highest BCUT2D eigenvalue weighted by molar-refractivity contribution is 5.36. The molecule has 0 aliphatic rings. The number of hydrogen-bond donors (Lipinski definition) is 1. The molecule has 0 saturated heterocycles. The lowest BCUT2D eigenvalue weighted by Gasteiger charge is -2.07. The highest BCUT2D eigenvalue weighted by atomic mass is 19.1. The summed E-state index contributed by atoms with van der Waals surface area (Å²) in [6, 6.07) is 2.78. The number of hydrogen-bond acceptors (Lipinski definition) is 3. The van der Waals surface area contributed by atoms with Crippen molar-refractivity contribution in [1.29, 1.82) is 0 Å². The second-order valence-corrected chi connectivity index (χ2v) is 3.01. The molecule has 15 heavy (non-hydrogen) atoms. The first kappa shape index (κ1) is 11.5. The molecule has 0 fully saturated rings. The predicted molar refractivity (Wildman–Crippen MR) is 50.6 cm³/mol. The number of rotatable bonds is 4. The number of non-ortho nitro benzene ring substituents is 1. The molecule has 1 atom stereocenters. The number of nitro benzene ring substituents is 1. The van der Waals surface area contributed by atoms with E-state index in [0.717, 1.165) is 18.2 Å². The predicted octanol–water partition coefficient (Wildman–Crippen LogP) is 2.09. The van der Waals surface area contributed by atoms with Crippen molar-refractivity contribution in [2.75, 3.05) is 6.54 Å². The van der Waals surface area contributed by atoms with Crippen LogP contribution in [0.4, 0.5) is 14.5 Å². The first-order valence-electron chi connectivity index (χ1n) is 4.34. The molecule has 0 radical (unpaired) electrons. The average Bonchev–Trinajstić information content (AvgIpc) is 2.18. The van der Waals surface area contributed by atoms with Crippen LogP contribution in [0, 0.1) is 15.9 Å². The number of alkyl halides is 1. The van der Waals surface area contributed by atoms with Crippen molar-refractivity contribution in [2.45, 2.75) is 12.6 Å². The van der Waals surface area contributed by atoms with Gasteiger partial charge in [-0.05, 0) is 19.0 Å². The van der Waals surface area contributed by atoms with Gasteiger partial charge in [0.2, 0.25) is 0 Å². The second kappa shape index (κ2) is 4.79. The zero-order chi connectivity index (χ0) is 11.4. The van der Waals surface area contributed by atoms with E-state index >= 15 is 0 Å². The Morgan fingerprint density at radius 1 is 1.53 bits per heavy atom. The van der Waals surface area contributed by atoms with Crippen LogP contribution >= 0.6 is 0 Å². The molecule has 4 nitrogen and oxygen atoms in total. The lowest BCUT2D eigenvalue weighted by Crippen LogP contribution is -2.05. The maximum absolute atomic E-state index is 13.3. The van der Waals surface area contributed by atoms with Crippen molar-refractivity contribution < 1.29 is 13.7 Å². The van der Waals surface area contributed by atoms with Crippen LogP contribution < -0.4 is 5.73 Å². The van der Waals surface area contributed by atoms with Gasteiger partial charge in [0.1, 0.15) is 12.0 Å². The van der Waals surface area contributed by atoms with Gasteiger partial charge >= 0.3 is 0 Å². The fourth-order valence-electron chi connectivity index (χ4n) is 1.19. The van der Waals surface area contributed by atoms with E-state index in [0.29, 0.717) is 0 Å². The molecule has 1 aromatic rings. The summed E-state index contributed by atoms with van der Waals surface area (Å²) in [6.45, 7) is 0.0588. The third-order valence-electron chi connectivity index (χ3n) is 1.95. The van der Waals surface area contributed by atoms with E-state index < -0.39 is 16.9 Å². The largest absolute Gasteiger partial charge is 0.330 e. The van der Waals surface area contributed by atoms with Gasteiger partial charge in [-0.3, -0.25) is 10.1 Å². The lowest BCUT2D eigenvalue weighted by atomic mass is 10.1. The molecule has 0 spiro atoms. The minimum atomic E-state index is -1.60. The average molecular weight is 216 g/mol. The maximum atomic E-state index is 13.3. The van der Waals surface area contributed by atoms with E-state index in [-0.39, 0.29) is 24.2 Å². The van der Waals surface area contributed by atoms with Gasteiger partial charge in [0.25, 0.3) is 5.69 Å². The second-order valence-electron chi connectivity index (χ2n) is 3.01. The molecule has 0 aliphatic carbocycles. The Hall–Kier alpha value is -1.56. The summed E-state index contributed by atoms with van der Waals surface area (Å²) < 4.78 is 26.4. The fraction of sp³-hybridized carbons (Fsp3) is 0.333. The molecule has 0 aromatic heterocycles. The highest BCUT2D eigenvalue weighted by Crippen LogP contribution is 2.27. The van der Waals surface area contributed by atoms with Crippen molar-refractivity contribution in [3.05, 3.63) is 39.7 Å². The number of halogens is 2. The van der Waals surface area contributed by atoms with Crippen LogP contribution in [-0.4, -0.2) is 11.5 Å². The summed E-state index contributed by atoms with van der Waals surface area (Å²) in [4.78, 5) is 9.68. The van der Waals surface area contributed by atoms with Crippen molar-refractivity contribution in [2.24, 2.45) is 5.73 Å². The summed E-state index contributed by atoms with van der Waals surface area (Å²) >= 11 is 0. The minimum Gasteiger partial charge on any atom is -0.330 e. The molecular formula is C9H10F2N2O2. The molecule has 1 unspecified atom stereocenters. The zero-order valence-electron chi connectivity index (χ0n) is 7.82. The van der Waals surface area contributed by atoms with Gasteiger partial charge in [0, 0.05) is 17.7 Å². The Morgan fingerprint density at radius 3 is 2.73 bits per heavy atom. The zero-order valence-corrected chi connectivity index (χ0v) is 7.82. The van der Waals surface area contributed by atoms with E-state index in [1.807, 2.05) is 0 Å². The Balaban J connectivity index is 3.04. The summed E-state index contributed by atoms with van der Waals surface area (Å²) in [6.07, 6.45) is -1.66. The summed E-state index contributed by atoms with van der Waals surface area (Å²) in [5, 5.41) is 10.4. The monoisotopic (exact) mass is 216 g/mol. The van der Waals surface area contributed by atoms with Gasteiger partial charge in [0.15, 0.2) is 0 Å². The number of nitro groups is 1. The normalized spacial score (nSPS) is 12.5. The van der Waals surface area contributed by atoms with Crippen molar-refractivity contribution >= 4 is 5.69 Å². The standard InChI is InChI=1S/C9H10F2N2O2/c10-8-2-1-6(13(14)15)5-7(8)9(11)3-4-12/h1-2,5,9H,3-4,12H2. The molecule has 0 aliphatic heterocycles. The Kier molecular flexibility index (Phi) is 3.68. The van der Waals surface area contributed by atoms with Gasteiger partial charge in [0.05, 0.1) is 4.92 Å². The molecule has 6 heteroatoms. The van der Waals surface area contributed by atoms with Crippen molar-refractivity contribution in [3.8, 4) is 0 Å². The smallest absolute Gasteiger partial charge is 0.270 e. The molecule has 1 rings (SSSR count). The van der Waals surface area contributed by atoms with Crippen LogP contribution in [0.15, 0.2) is 18.2 Å². The van der Waals surface area contributed by atoms with Crippen LogP contribution in [0.2, 0.25) is 0 Å². The van der Waals surface area contributed by atoms with Crippen molar-refractivity contribution in [3.63, 3.8) is 0 Å². The maximum Gasteiger partial charge on any atom is 0.270 e. The lowest BCUT2D eigenvalue weighted by molar-refractivity contribution is -0.385. The molecule has 1 aromatic carbocycles. The fourth-order valence-corrected chi connectivity index (χ4v) is 1.19. The van der Waals surface area contributed by atoms with Crippen LogP contribution in [0.25, 0.3) is 0 Å². The Labute approximate surface area is 84.9 Å². The first-order chi connectivity index (χ1) is 7.06. The number of benzene rings is 1. The van der Waals surface area contributed by atoms with Crippen molar-refractivity contribution in [1.82, 2.24) is 0 Å². The van der Waals surface area contributed by atoms with Crippen LogP contribution in [0.3, 0.4) is 0 Å². The van der Waals surface area contributed by atoms with Gasteiger partial charge in [-0.2, -0.15) is 0 Å². The van der Waals surface area contributed by atoms with E-state index in [1.165, 1.54) is 0 Å². The number of nitrogens with zero attached hydrogens (tertiary/aromatic N) is 1. The molecule has 0 saturated carbocycles. The van der Waals surface area contributed by atoms with Crippen LogP contribution in [0.1, 0.15) is 18.2 Å². The van der Waals surface area contributed by atoms with Gasteiger partial charge < -0.3 is 5.73 Å². The molecule has 0 heterocycles. The molecule has 0 bridgehead atoms. The third-order valence-corrected chi connectivity index (χ3v) is 1.95. The van der Waals surface area contributed by atoms with E-state index in [1.54, 1.807) is 0 Å². The summed E-state index contributed by atoms with van der Waals surface area (Å²) in [5.74, 6) is -0.790. The van der Waals surface area contributed by atoms with E-state index in [9.17, 15) is 18.9 Å². The number of nitrogens with two attached hydrogens (primary N) is 1. The van der Waals surface area contributed by atoms with Crippen LogP contribution in [-0.2, 0) is 0 Å². The molecule has 82 valence electrons. The van der Waals surface area contributed by atoms with Gasteiger partial charge in [-0.1, -0.05) is 0 Å². The van der Waals surface area contributed by atoms with Gasteiger partial charge in [-0.25, -0.2) is 8.78 Å². The van der Waals surface area contributed by atoms with E-state index in [4.69, 9.17) is 5.73 Å².